The molecule has 0 aromatic carbocycles. The zero-order valence-electron chi connectivity index (χ0n) is 7.87. The molecule has 1 aliphatic rings. The van der Waals surface area contributed by atoms with Gasteiger partial charge in [-0.1, -0.05) is 0 Å². The van der Waals surface area contributed by atoms with Crippen molar-refractivity contribution in [1.29, 1.82) is 0 Å². The fraction of sp³-hybridized carbons (Fsp3) is 0.875. The van der Waals surface area contributed by atoms with E-state index < -0.39 is 37.1 Å². The summed E-state index contributed by atoms with van der Waals surface area (Å²) in [6.07, 6.45) is -8.27. The lowest BCUT2D eigenvalue weighted by Gasteiger charge is -2.15. The molecule has 15 heavy (non-hydrogen) atoms. The van der Waals surface area contributed by atoms with Crippen molar-refractivity contribution in [2.24, 2.45) is 0 Å². The molecule has 1 fully saturated rings. The normalized spacial score (nSPS) is 27.1. The van der Waals surface area contributed by atoms with Gasteiger partial charge in [0.05, 0.1) is 18.6 Å². The third-order valence-corrected chi connectivity index (χ3v) is 2.23. The molecule has 1 aliphatic heterocycles. The van der Waals surface area contributed by atoms with E-state index in [4.69, 9.17) is 10.2 Å². The second kappa shape index (κ2) is 4.36. The van der Waals surface area contributed by atoms with Crippen LogP contribution in [0.5, 0.6) is 0 Å². The quantitative estimate of drug-likeness (QED) is 0.692. The topological polar surface area (TPSA) is 60.8 Å². The first-order valence-electron chi connectivity index (χ1n) is 4.50. The number of amides is 1. The lowest BCUT2D eigenvalue weighted by Crippen LogP contribution is -2.30. The highest BCUT2D eigenvalue weighted by Crippen LogP contribution is 2.22. The molecular formula is C8H12F3NO3. The summed E-state index contributed by atoms with van der Waals surface area (Å²) in [5.41, 5.74) is 0. The molecule has 1 heterocycles. The summed E-state index contributed by atoms with van der Waals surface area (Å²) in [6.45, 7) is -0.199. The largest absolute Gasteiger partial charge is 0.389 e. The zero-order chi connectivity index (χ0) is 11.6. The van der Waals surface area contributed by atoms with Crippen LogP contribution in [0.2, 0.25) is 0 Å². The highest BCUT2D eigenvalue weighted by Gasteiger charge is 2.34. The molecule has 7 heteroatoms. The maximum absolute atomic E-state index is 11.8. The third-order valence-electron chi connectivity index (χ3n) is 2.23. The number of hydrogen-bond donors (Lipinski definition) is 2. The second-order valence-electron chi connectivity index (χ2n) is 3.55. The Kier molecular flexibility index (Phi) is 3.56. The number of alkyl halides is 3. The first kappa shape index (κ1) is 12.3. The van der Waals surface area contributed by atoms with E-state index in [1.807, 2.05) is 0 Å². The molecule has 2 atom stereocenters. The number of carbonyl (C=O) groups is 1. The third kappa shape index (κ3) is 3.67. The average Bonchev–Trinajstić information content (AvgIpc) is 2.42. The Bertz CT molecular complexity index is 234. The molecule has 0 aromatic heterocycles. The number of halogens is 3. The van der Waals surface area contributed by atoms with Gasteiger partial charge >= 0.3 is 6.18 Å². The molecule has 1 amide bonds. The molecule has 2 N–H and O–H groups in total. The molecule has 4 nitrogen and oxygen atoms in total. The van der Waals surface area contributed by atoms with E-state index >= 15 is 0 Å². The Hall–Kier alpha value is -0.820. The molecule has 0 spiro atoms. The van der Waals surface area contributed by atoms with Crippen molar-refractivity contribution < 1.29 is 28.2 Å². The van der Waals surface area contributed by atoms with Crippen LogP contribution in [0.3, 0.4) is 0 Å². The minimum Gasteiger partial charge on any atom is -0.388 e. The summed E-state index contributed by atoms with van der Waals surface area (Å²) >= 11 is 0. The van der Waals surface area contributed by atoms with Gasteiger partial charge in [0, 0.05) is 19.5 Å². The molecular weight excluding hydrogens is 215 g/mol. The second-order valence-corrected chi connectivity index (χ2v) is 3.55. The van der Waals surface area contributed by atoms with E-state index in [-0.39, 0.29) is 13.1 Å². The summed E-state index contributed by atoms with van der Waals surface area (Å²) < 4.78 is 35.4. The van der Waals surface area contributed by atoms with Crippen molar-refractivity contribution in [1.82, 2.24) is 4.90 Å². The molecule has 0 radical (unpaired) electrons. The lowest BCUT2D eigenvalue weighted by atomic mass is 10.3. The Morgan fingerprint density at radius 2 is 1.73 bits per heavy atom. The van der Waals surface area contributed by atoms with Crippen molar-refractivity contribution in [3.63, 3.8) is 0 Å². The Labute approximate surface area is 84.3 Å². The van der Waals surface area contributed by atoms with Crippen molar-refractivity contribution in [3.05, 3.63) is 0 Å². The molecule has 0 bridgehead atoms. The Morgan fingerprint density at radius 3 is 2.13 bits per heavy atom. The maximum atomic E-state index is 11.8. The molecule has 88 valence electrons. The van der Waals surface area contributed by atoms with E-state index in [9.17, 15) is 18.0 Å². The summed E-state index contributed by atoms with van der Waals surface area (Å²) in [5, 5.41) is 18.2. The number of rotatable bonds is 2. The summed E-state index contributed by atoms with van der Waals surface area (Å²) in [7, 11) is 0. The molecule has 0 aromatic rings. The number of β-amino-alcohol motifs (C(OH)–C–C–N with tert-alkyl or cyclic N) is 2. The van der Waals surface area contributed by atoms with E-state index in [1.165, 1.54) is 0 Å². The highest BCUT2D eigenvalue weighted by molar-refractivity contribution is 5.76. The highest BCUT2D eigenvalue weighted by atomic mass is 19.4. The van der Waals surface area contributed by atoms with Crippen LogP contribution in [0, 0.1) is 0 Å². The molecule has 1 rings (SSSR count). The van der Waals surface area contributed by atoms with Crippen molar-refractivity contribution in [2.45, 2.75) is 31.2 Å². The van der Waals surface area contributed by atoms with Crippen LogP contribution in [0.25, 0.3) is 0 Å². The van der Waals surface area contributed by atoms with E-state index in [0.29, 0.717) is 0 Å². The Morgan fingerprint density at radius 1 is 1.27 bits per heavy atom. The van der Waals surface area contributed by atoms with Gasteiger partial charge in [-0.15, -0.1) is 0 Å². The minimum atomic E-state index is -4.35. The first-order valence-corrected chi connectivity index (χ1v) is 4.50. The summed E-state index contributed by atoms with van der Waals surface area (Å²) in [5.74, 6) is -0.692. The smallest absolute Gasteiger partial charge is 0.388 e. The Balaban J connectivity index is 2.36. The molecule has 0 saturated carbocycles. The van der Waals surface area contributed by atoms with Crippen LogP contribution in [0.1, 0.15) is 12.8 Å². The first-order chi connectivity index (χ1) is 6.79. The van der Waals surface area contributed by atoms with Crippen molar-refractivity contribution in [2.75, 3.05) is 13.1 Å². The standard InChI is InChI=1S/C8H12F3NO3/c9-8(10,11)2-1-7(15)12-3-5(13)6(14)4-12/h5-6,13-14H,1-4H2/t5-,6+. The van der Waals surface area contributed by atoms with Gasteiger partial charge in [-0.05, 0) is 0 Å². The predicted octanol–water partition coefficient (Wildman–Crippen LogP) is -0.107. The number of hydrogen-bond acceptors (Lipinski definition) is 3. The SMILES string of the molecule is O=C(CCC(F)(F)F)N1C[C@@H](O)[C@@H](O)C1. The van der Waals surface area contributed by atoms with Gasteiger partial charge in [-0.2, -0.15) is 13.2 Å². The summed E-state index contributed by atoms with van der Waals surface area (Å²) in [6, 6.07) is 0. The van der Waals surface area contributed by atoms with Gasteiger partial charge in [0.25, 0.3) is 0 Å². The lowest BCUT2D eigenvalue weighted by molar-refractivity contribution is -0.148. The molecule has 1 saturated heterocycles. The van der Waals surface area contributed by atoms with Gasteiger partial charge in [-0.25, -0.2) is 0 Å². The predicted molar refractivity (Wildman–Crippen MR) is 43.9 cm³/mol. The molecule has 0 aliphatic carbocycles. The van der Waals surface area contributed by atoms with Gasteiger partial charge < -0.3 is 15.1 Å². The van der Waals surface area contributed by atoms with Crippen LogP contribution in [-0.2, 0) is 4.79 Å². The van der Waals surface area contributed by atoms with Gasteiger partial charge in [-0.3, -0.25) is 4.79 Å². The fourth-order valence-corrected chi connectivity index (χ4v) is 1.38. The van der Waals surface area contributed by atoms with Crippen molar-refractivity contribution in [3.8, 4) is 0 Å². The van der Waals surface area contributed by atoms with Gasteiger partial charge in [0.2, 0.25) is 5.91 Å². The van der Waals surface area contributed by atoms with Crippen molar-refractivity contribution >= 4 is 5.91 Å². The van der Waals surface area contributed by atoms with E-state index in [2.05, 4.69) is 0 Å². The van der Waals surface area contributed by atoms with Gasteiger partial charge in [0.1, 0.15) is 0 Å². The van der Waals surface area contributed by atoms with E-state index in [0.717, 1.165) is 4.90 Å². The minimum absolute atomic E-state index is 0.0993. The van der Waals surface area contributed by atoms with Crippen LogP contribution in [0.15, 0.2) is 0 Å². The number of carbonyl (C=O) groups excluding carboxylic acids is 1. The maximum Gasteiger partial charge on any atom is 0.389 e. The van der Waals surface area contributed by atoms with E-state index in [1.54, 1.807) is 0 Å². The zero-order valence-corrected chi connectivity index (χ0v) is 7.87. The van der Waals surface area contributed by atoms with Crippen LogP contribution < -0.4 is 0 Å². The number of nitrogens with zero attached hydrogens (tertiary/aromatic N) is 1. The van der Waals surface area contributed by atoms with Crippen LogP contribution in [-0.4, -0.2) is 52.5 Å². The van der Waals surface area contributed by atoms with Crippen LogP contribution in [0.4, 0.5) is 13.2 Å². The number of aliphatic hydroxyl groups excluding tert-OH is 2. The van der Waals surface area contributed by atoms with Crippen LogP contribution >= 0.6 is 0 Å². The number of likely N-dealkylation sites (tertiary alicyclic amines) is 1. The fourth-order valence-electron chi connectivity index (χ4n) is 1.38. The molecule has 0 unspecified atom stereocenters. The van der Waals surface area contributed by atoms with Gasteiger partial charge in [0.15, 0.2) is 0 Å². The average molecular weight is 227 g/mol. The number of aliphatic hydroxyl groups is 2. The monoisotopic (exact) mass is 227 g/mol. The summed E-state index contributed by atoms with van der Waals surface area (Å²) in [4.78, 5) is 12.2.